The zero-order valence-corrected chi connectivity index (χ0v) is 23.6. The van der Waals surface area contributed by atoms with Gasteiger partial charge in [-0.05, 0) is 85.6 Å². The Bertz CT molecular complexity index is 1090. The van der Waals surface area contributed by atoms with Crippen molar-refractivity contribution in [3.63, 3.8) is 0 Å². The topological polar surface area (TPSA) is 116 Å². The molecular weight excluding hydrogens is 493 g/mol. The molecule has 200 valence electrons. The Balaban J connectivity index is 0.00000507. The van der Waals surface area contributed by atoms with Crippen molar-refractivity contribution < 1.29 is 38.4 Å². The smallest absolute Gasteiger partial charge is 0.548 e. The molecule has 0 aromatic heterocycles. The van der Waals surface area contributed by atoms with Crippen LogP contribution in [0.3, 0.4) is 0 Å². The summed E-state index contributed by atoms with van der Waals surface area (Å²) in [5, 5.41) is 11.1. The van der Waals surface area contributed by atoms with E-state index < -0.39 is 17.9 Å². The summed E-state index contributed by atoms with van der Waals surface area (Å²) in [4.78, 5) is 38.0. The fraction of sp³-hybridized carbons (Fsp3) is 0.483. The number of nitrogens with two attached hydrogens (primary N) is 1. The predicted molar refractivity (Wildman–Crippen MR) is 146 cm³/mol. The molecule has 0 heterocycles. The van der Waals surface area contributed by atoms with Gasteiger partial charge in [-0.2, -0.15) is 0 Å². The molecule has 0 saturated heterocycles. The molecule has 0 spiro atoms. The molecule has 7 nitrogen and oxygen atoms in total. The number of rotatable bonds is 13. The summed E-state index contributed by atoms with van der Waals surface area (Å²) in [5.74, 6) is -1.16. The quantitative estimate of drug-likeness (QED) is 0.291. The zero-order valence-electron chi connectivity index (χ0n) is 22.8. The number of nitrogens with zero attached hydrogens (tertiary/aromatic N) is 1. The summed E-state index contributed by atoms with van der Waals surface area (Å²) in [7, 11) is 2.14. The normalized spacial score (nSPS) is 14.6. The molecule has 3 rings (SSSR count). The molecule has 0 bridgehead atoms. The van der Waals surface area contributed by atoms with E-state index in [9.17, 15) is 19.5 Å². The van der Waals surface area contributed by atoms with Gasteiger partial charge in [-0.3, -0.25) is 9.59 Å². The van der Waals surface area contributed by atoms with Crippen molar-refractivity contribution in [1.29, 1.82) is 0 Å². The molecule has 9 heteroatoms. The second kappa shape index (κ2) is 16.1. The third kappa shape index (κ3) is 9.90. The van der Waals surface area contributed by atoms with E-state index in [-0.39, 0.29) is 36.8 Å². The largest absolute Gasteiger partial charge is 1.00 e. The summed E-state index contributed by atoms with van der Waals surface area (Å²) >= 11 is 0.704. The van der Waals surface area contributed by atoms with Crippen molar-refractivity contribution in [2.24, 2.45) is 11.7 Å². The number of hydrogen-bond donors (Lipinski definition) is 2. The second-order valence-corrected chi connectivity index (χ2v) is 10.9. The fourth-order valence-electron chi connectivity index (χ4n) is 4.93. The van der Waals surface area contributed by atoms with Crippen molar-refractivity contribution in [3.8, 4) is 11.1 Å². The van der Waals surface area contributed by atoms with Gasteiger partial charge in [0.15, 0.2) is 0 Å². The fourth-order valence-corrected chi connectivity index (χ4v) is 5.68. The maximum atomic E-state index is 13.2. The van der Waals surface area contributed by atoms with Crippen molar-refractivity contribution >= 4 is 28.9 Å². The molecule has 0 unspecified atom stereocenters. The van der Waals surface area contributed by atoms with Crippen LogP contribution >= 0.6 is 11.9 Å². The predicted octanol–water partition coefficient (Wildman–Crippen LogP) is 0.830. The number of carboxylic acids is 1. The summed E-state index contributed by atoms with van der Waals surface area (Å²) in [6, 6.07) is 12.6. The van der Waals surface area contributed by atoms with E-state index in [1.54, 1.807) is 0 Å². The first-order valence-electron chi connectivity index (χ1n) is 13.1. The van der Waals surface area contributed by atoms with Gasteiger partial charge in [0.05, 0.1) is 12.0 Å². The van der Waals surface area contributed by atoms with E-state index in [2.05, 4.69) is 22.7 Å². The van der Waals surface area contributed by atoms with Crippen LogP contribution in [0.2, 0.25) is 0 Å². The number of hydrogen-bond acceptors (Lipinski definition) is 7. The summed E-state index contributed by atoms with van der Waals surface area (Å²) in [5.41, 5.74) is 9.57. The Labute approximate surface area is 242 Å². The second-order valence-electron chi connectivity index (χ2n) is 10.1. The van der Waals surface area contributed by atoms with Gasteiger partial charge in [-0.15, -0.1) is 0 Å². The maximum absolute atomic E-state index is 13.2. The van der Waals surface area contributed by atoms with Crippen LogP contribution in [-0.2, 0) is 16.1 Å². The van der Waals surface area contributed by atoms with Crippen molar-refractivity contribution in [2.75, 3.05) is 13.6 Å². The number of carbonyl (C=O) groups excluding carboxylic acids is 3. The molecule has 2 aromatic rings. The van der Waals surface area contributed by atoms with Gasteiger partial charge in [0.25, 0.3) is 0 Å². The van der Waals surface area contributed by atoms with Gasteiger partial charge in [0.1, 0.15) is 0 Å². The molecule has 1 aliphatic carbocycles. The van der Waals surface area contributed by atoms with Gasteiger partial charge in [0.2, 0.25) is 11.0 Å². The van der Waals surface area contributed by atoms with Crippen LogP contribution < -0.4 is 34.4 Å². The molecule has 1 aliphatic rings. The van der Waals surface area contributed by atoms with E-state index in [1.807, 2.05) is 43.3 Å². The Morgan fingerprint density at radius 3 is 2.47 bits per heavy atom. The van der Waals surface area contributed by atoms with Gasteiger partial charge >= 0.3 is 18.9 Å². The van der Waals surface area contributed by atoms with Crippen molar-refractivity contribution in [1.82, 2.24) is 9.62 Å². The van der Waals surface area contributed by atoms with Crippen molar-refractivity contribution in [3.05, 3.63) is 59.2 Å². The average molecular weight is 532 g/mol. The van der Waals surface area contributed by atoms with E-state index in [1.165, 1.54) is 38.5 Å². The van der Waals surface area contributed by atoms with Crippen LogP contribution in [0.4, 0.5) is 0 Å². The molecule has 2 aromatic carbocycles. The first-order chi connectivity index (χ1) is 17.7. The number of primary amides is 1. The Hall–Kier alpha value is -2.08. The SMILES string of the molecule is Cc1ccccc1-c1cc(CN(C)CCC2CCCCC2)ccc1C(=O)SN[C@@H](CCC(N)=O)C(=O)[O-].[Li+]. The first-order valence-corrected chi connectivity index (χ1v) is 13.9. The number of aryl methyl sites for hydroxylation is 1. The van der Waals surface area contributed by atoms with Crippen LogP contribution in [0.25, 0.3) is 11.1 Å². The number of aliphatic carboxylic acids is 1. The third-order valence-electron chi connectivity index (χ3n) is 7.09. The standard InChI is InChI=1S/C29H39N3O4S.Li/c1-20-8-6-7-11-23(20)25-18-22(19-32(2)17-16-21-9-4-3-5-10-21)12-13-24(25)29(36)37-31-26(28(34)35)14-15-27(30)33;/h6-8,11-13,18,21,26,31H,3-5,9-10,14-17,19H2,1-2H3,(H2,30,33)(H,34,35);/q;+1/p-1/t26-;/m0./s1. The van der Waals surface area contributed by atoms with Gasteiger partial charge in [-0.1, -0.05) is 62.4 Å². The van der Waals surface area contributed by atoms with E-state index in [4.69, 9.17) is 5.73 Å². The molecule has 1 atom stereocenters. The molecule has 0 radical (unpaired) electrons. The Kier molecular flexibility index (Phi) is 13.6. The molecule has 3 N–H and O–H groups in total. The van der Waals surface area contributed by atoms with Crippen LogP contribution in [0.15, 0.2) is 42.5 Å². The average Bonchev–Trinajstić information content (AvgIpc) is 2.88. The minimum Gasteiger partial charge on any atom is -0.548 e. The van der Waals surface area contributed by atoms with Gasteiger partial charge in [0, 0.05) is 18.5 Å². The maximum Gasteiger partial charge on any atom is 1.00 e. The molecule has 0 aliphatic heterocycles. The molecule has 1 amide bonds. The van der Waals surface area contributed by atoms with E-state index in [0.717, 1.165) is 41.3 Å². The Morgan fingerprint density at radius 1 is 1.11 bits per heavy atom. The Morgan fingerprint density at radius 2 is 1.82 bits per heavy atom. The molecular formula is C29H38LiN3O4S. The third-order valence-corrected chi connectivity index (χ3v) is 7.90. The first kappa shape index (κ1) is 32.1. The van der Waals surface area contributed by atoms with Crippen LogP contribution in [0, 0.1) is 12.8 Å². The van der Waals surface area contributed by atoms with Crippen molar-refractivity contribution in [2.45, 2.75) is 70.9 Å². The number of benzene rings is 2. The van der Waals surface area contributed by atoms with Crippen LogP contribution in [0.1, 0.15) is 72.9 Å². The summed E-state index contributed by atoms with van der Waals surface area (Å²) in [6.45, 7) is 3.83. The molecule has 1 saturated carbocycles. The van der Waals surface area contributed by atoms with Crippen LogP contribution in [0.5, 0.6) is 0 Å². The monoisotopic (exact) mass is 531 g/mol. The summed E-state index contributed by atoms with van der Waals surface area (Å²) < 4.78 is 2.65. The molecule has 1 fully saturated rings. The number of nitrogens with one attached hydrogen (secondary N) is 1. The molecule has 38 heavy (non-hydrogen) atoms. The van der Waals surface area contributed by atoms with E-state index >= 15 is 0 Å². The summed E-state index contributed by atoms with van der Waals surface area (Å²) in [6.07, 6.45) is 7.82. The number of carboxylic acid groups (broad SMARTS) is 1. The number of amides is 1. The minimum atomic E-state index is -1.38. The van der Waals surface area contributed by atoms with Crippen LogP contribution in [-0.4, -0.2) is 41.5 Å². The van der Waals surface area contributed by atoms with E-state index in [0.29, 0.717) is 17.5 Å². The van der Waals surface area contributed by atoms with Gasteiger partial charge < -0.3 is 20.5 Å². The zero-order chi connectivity index (χ0) is 26.8. The number of carbonyl (C=O) groups is 3. The van der Waals surface area contributed by atoms with Gasteiger partial charge in [-0.25, -0.2) is 4.72 Å². The minimum absolute atomic E-state index is 0.